The Kier molecular flexibility index (Phi) is 4.35. The Labute approximate surface area is 150 Å². The first kappa shape index (κ1) is 16.3. The van der Waals surface area contributed by atoms with Crippen LogP contribution in [0.25, 0.3) is 5.65 Å². The fourth-order valence-electron chi connectivity index (χ4n) is 3.33. The van der Waals surface area contributed by atoms with Crippen LogP contribution in [-0.2, 0) is 4.79 Å². The summed E-state index contributed by atoms with van der Waals surface area (Å²) in [4.78, 5) is 35.3. The van der Waals surface area contributed by atoms with Crippen LogP contribution in [0.4, 0.5) is 5.82 Å². The van der Waals surface area contributed by atoms with E-state index in [4.69, 9.17) is 0 Å². The minimum Gasteiger partial charge on any atom is -0.338 e. The Morgan fingerprint density at radius 3 is 2.81 bits per heavy atom. The maximum absolute atomic E-state index is 12.7. The summed E-state index contributed by atoms with van der Waals surface area (Å²) in [5.74, 6) is 0.330. The van der Waals surface area contributed by atoms with Gasteiger partial charge >= 0.3 is 0 Å². The molecule has 0 aliphatic carbocycles. The lowest BCUT2D eigenvalue weighted by Gasteiger charge is -2.32. The number of likely N-dealkylation sites (tertiary alicyclic amines) is 1. The van der Waals surface area contributed by atoms with E-state index in [1.165, 1.54) is 0 Å². The van der Waals surface area contributed by atoms with E-state index in [1.807, 2.05) is 28.8 Å². The molecule has 1 aliphatic rings. The number of pyridine rings is 2. The molecule has 1 saturated heterocycles. The zero-order valence-corrected chi connectivity index (χ0v) is 14.2. The molecule has 4 rings (SSSR count). The van der Waals surface area contributed by atoms with E-state index in [2.05, 4.69) is 15.3 Å². The van der Waals surface area contributed by atoms with Gasteiger partial charge in [0.05, 0.1) is 5.92 Å². The Balaban J connectivity index is 1.46. The van der Waals surface area contributed by atoms with Gasteiger partial charge in [-0.2, -0.15) is 0 Å². The van der Waals surface area contributed by atoms with E-state index in [9.17, 15) is 9.59 Å². The van der Waals surface area contributed by atoms with Crippen molar-refractivity contribution in [2.45, 2.75) is 12.8 Å². The molecule has 0 bridgehead atoms. The van der Waals surface area contributed by atoms with E-state index in [0.29, 0.717) is 24.5 Å². The smallest absolute Gasteiger partial charge is 0.253 e. The topological polar surface area (TPSA) is 79.6 Å². The number of anilines is 1. The number of piperidine rings is 1. The highest BCUT2D eigenvalue weighted by molar-refractivity contribution is 5.96. The summed E-state index contributed by atoms with van der Waals surface area (Å²) < 4.78 is 1.83. The van der Waals surface area contributed by atoms with Gasteiger partial charge in [0.1, 0.15) is 11.5 Å². The average molecular weight is 349 g/mol. The summed E-state index contributed by atoms with van der Waals surface area (Å²) in [7, 11) is 0. The fraction of sp³-hybridized carbons (Fsp3) is 0.263. The van der Waals surface area contributed by atoms with E-state index in [-0.39, 0.29) is 17.7 Å². The summed E-state index contributed by atoms with van der Waals surface area (Å²) in [6.07, 6.45) is 8.29. The van der Waals surface area contributed by atoms with Crippen LogP contribution in [0.2, 0.25) is 0 Å². The zero-order chi connectivity index (χ0) is 17.9. The molecule has 3 aromatic heterocycles. The first-order chi connectivity index (χ1) is 12.7. The standard InChI is InChI=1S/C19H19N5O2/c25-18(22-17-5-1-4-16-21-10-12-24(16)17)15-3-2-11-23(13-15)19(26)14-6-8-20-9-7-14/h1,4-10,12,15H,2-3,11,13H2,(H,22,25)/t15-/m0/s1. The van der Waals surface area contributed by atoms with Gasteiger partial charge < -0.3 is 10.2 Å². The molecule has 4 heterocycles. The van der Waals surface area contributed by atoms with Crippen molar-refractivity contribution in [2.75, 3.05) is 18.4 Å². The Hall–Kier alpha value is -3.22. The van der Waals surface area contributed by atoms with E-state index in [0.717, 1.165) is 18.5 Å². The van der Waals surface area contributed by atoms with Crippen molar-refractivity contribution >= 4 is 23.3 Å². The second-order valence-corrected chi connectivity index (χ2v) is 6.38. The van der Waals surface area contributed by atoms with Gasteiger partial charge in [0.2, 0.25) is 5.91 Å². The molecular formula is C19H19N5O2. The van der Waals surface area contributed by atoms with Crippen molar-refractivity contribution in [2.24, 2.45) is 5.92 Å². The number of hydrogen-bond donors (Lipinski definition) is 1. The molecule has 7 heteroatoms. The van der Waals surface area contributed by atoms with Crippen molar-refractivity contribution in [1.82, 2.24) is 19.3 Å². The summed E-state index contributed by atoms with van der Waals surface area (Å²) in [6, 6.07) is 8.98. The molecule has 1 atom stereocenters. The summed E-state index contributed by atoms with van der Waals surface area (Å²) in [6.45, 7) is 1.09. The van der Waals surface area contributed by atoms with Crippen molar-refractivity contribution < 1.29 is 9.59 Å². The van der Waals surface area contributed by atoms with E-state index < -0.39 is 0 Å². The molecule has 0 unspecified atom stereocenters. The molecule has 1 aliphatic heterocycles. The number of nitrogens with one attached hydrogen (secondary N) is 1. The van der Waals surface area contributed by atoms with Gasteiger partial charge in [0.15, 0.2) is 0 Å². The molecule has 1 N–H and O–H groups in total. The van der Waals surface area contributed by atoms with Crippen LogP contribution in [0.3, 0.4) is 0 Å². The monoisotopic (exact) mass is 349 g/mol. The number of fused-ring (bicyclic) bond motifs is 1. The Bertz CT molecular complexity index is 937. The van der Waals surface area contributed by atoms with Crippen LogP contribution < -0.4 is 5.32 Å². The first-order valence-electron chi connectivity index (χ1n) is 8.64. The highest BCUT2D eigenvalue weighted by Crippen LogP contribution is 2.21. The molecular weight excluding hydrogens is 330 g/mol. The normalized spacial score (nSPS) is 17.2. The van der Waals surface area contributed by atoms with Crippen LogP contribution in [-0.4, -0.2) is 44.2 Å². The number of rotatable bonds is 3. The third kappa shape index (κ3) is 3.15. The second-order valence-electron chi connectivity index (χ2n) is 6.38. The predicted molar refractivity (Wildman–Crippen MR) is 96.7 cm³/mol. The highest BCUT2D eigenvalue weighted by atomic mass is 16.2. The number of carbonyl (C=O) groups is 2. The van der Waals surface area contributed by atoms with Gasteiger partial charge in [-0.25, -0.2) is 4.98 Å². The molecule has 1 fully saturated rings. The lowest BCUT2D eigenvalue weighted by Crippen LogP contribution is -2.43. The third-order valence-electron chi connectivity index (χ3n) is 4.69. The number of aromatic nitrogens is 3. The quantitative estimate of drug-likeness (QED) is 0.786. The zero-order valence-electron chi connectivity index (χ0n) is 14.2. The Morgan fingerprint density at radius 1 is 1.12 bits per heavy atom. The first-order valence-corrected chi connectivity index (χ1v) is 8.64. The molecule has 7 nitrogen and oxygen atoms in total. The number of imidazole rings is 1. The summed E-state index contributed by atoms with van der Waals surface area (Å²) >= 11 is 0. The Morgan fingerprint density at radius 2 is 1.96 bits per heavy atom. The molecule has 26 heavy (non-hydrogen) atoms. The third-order valence-corrected chi connectivity index (χ3v) is 4.69. The second kappa shape index (κ2) is 6.95. The highest BCUT2D eigenvalue weighted by Gasteiger charge is 2.29. The number of carbonyl (C=O) groups excluding carboxylic acids is 2. The molecule has 3 aromatic rings. The minimum absolute atomic E-state index is 0.0541. The lowest BCUT2D eigenvalue weighted by atomic mass is 9.96. The van der Waals surface area contributed by atoms with E-state index >= 15 is 0 Å². The van der Waals surface area contributed by atoms with Crippen LogP contribution in [0, 0.1) is 5.92 Å². The maximum Gasteiger partial charge on any atom is 0.253 e. The largest absolute Gasteiger partial charge is 0.338 e. The molecule has 132 valence electrons. The number of hydrogen-bond acceptors (Lipinski definition) is 4. The minimum atomic E-state index is -0.228. The van der Waals surface area contributed by atoms with Crippen LogP contribution in [0.1, 0.15) is 23.2 Å². The molecule has 2 amide bonds. The van der Waals surface area contributed by atoms with Crippen LogP contribution in [0.5, 0.6) is 0 Å². The van der Waals surface area contributed by atoms with Crippen molar-refractivity contribution in [1.29, 1.82) is 0 Å². The average Bonchev–Trinajstić information content (AvgIpc) is 3.18. The van der Waals surface area contributed by atoms with Crippen LogP contribution in [0.15, 0.2) is 55.1 Å². The van der Waals surface area contributed by atoms with Crippen molar-refractivity contribution in [3.63, 3.8) is 0 Å². The number of amides is 2. The van der Waals surface area contributed by atoms with Crippen LogP contribution >= 0.6 is 0 Å². The lowest BCUT2D eigenvalue weighted by molar-refractivity contribution is -0.121. The van der Waals surface area contributed by atoms with Gasteiger partial charge in [0.25, 0.3) is 5.91 Å². The summed E-state index contributed by atoms with van der Waals surface area (Å²) in [5, 5.41) is 2.98. The molecule has 0 spiro atoms. The van der Waals surface area contributed by atoms with Crippen molar-refractivity contribution in [3.05, 3.63) is 60.7 Å². The van der Waals surface area contributed by atoms with Gasteiger partial charge in [0, 0.05) is 43.4 Å². The molecule has 0 radical (unpaired) electrons. The predicted octanol–water partition coefficient (Wildman–Crippen LogP) is 2.22. The molecule has 0 saturated carbocycles. The van der Waals surface area contributed by atoms with Crippen molar-refractivity contribution in [3.8, 4) is 0 Å². The van der Waals surface area contributed by atoms with Gasteiger partial charge in [-0.1, -0.05) is 6.07 Å². The SMILES string of the molecule is O=C(Nc1cccc2nccn12)[C@H]1CCCN(C(=O)c2ccncc2)C1. The van der Waals surface area contributed by atoms with Gasteiger partial charge in [-0.3, -0.25) is 19.0 Å². The fourth-order valence-corrected chi connectivity index (χ4v) is 3.33. The van der Waals surface area contributed by atoms with E-state index in [1.54, 1.807) is 35.6 Å². The number of nitrogens with zero attached hydrogens (tertiary/aromatic N) is 4. The van der Waals surface area contributed by atoms with Gasteiger partial charge in [-0.15, -0.1) is 0 Å². The van der Waals surface area contributed by atoms with Gasteiger partial charge in [-0.05, 0) is 37.1 Å². The molecule has 0 aromatic carbocycles. The summed E-state index contributed by atoms with van der Waals surface area (Å²) in [5.41, 5.74) is 1.38. The maximum atomic E-state index is 12.7.